The maximum Gasteiger partial charge on any atom is 0.224 e. The molecule has 1 aliphatic heterocycles. The van der Waals surface area contributed by atoms with Crippen LogP contribution in [0.25, 0.3) is 0 Å². The lowest BCUT2D eigenvalue weighted by Gasteiger charge is -2.28. The molecule has 1 atom stereocenters. The Bertz CT molecular complexity index is 702. The minimum absolute atomic E-state index is 0.142. The lowest BCUT2D eigenvalue weighted by atomic mass is 10.0. The molecule has 1 fully saturated rings. The molecule has 1 amide bonds. The number of carbonyl (C=O) groups excluding carboxylic acids is 1. The van der Waals surface area contributed by atoms with Gasteiger partial charge in [0.2, 0.25) is 5.91 Å². The predicted molar refractivity (Wildman–Crippen MR) is 94.5 cm³/mol. The van der Waals surface area contributed by atoms with Gasteiger partial charge in [-0.1, -0.05) is 18.2 Å². The van der Waals surface area contributed by atoms with E-state index in [9.17, 15) is 4.79 Å². The SMILES string of the molecule is COC1(COc2ccccc2C)CCN(C(=O)CCn2ccnc2)C1. The minimum Gasteiger partial charge on any atom is -0.490 e. The largest absolute Gasteiger partial charge is 0.490 e. The Kier molecular flexibility index (Phi) is 5.38. The second-order valence-electron chi connectivity index (χ2n) is 6.56. The molecule has 1 saturated heterocycles. The number of carbonyl (C=O) groups is 1. The number of methoxy groups -OCH3 is 1. The number of aryl methyl sites for hydroxylation is 2. The summed E-state index contributed by atoms with van der Waals surface area (Å²) in [6.45, 7) is 4.38. The van der Waals surface area contributed by atoms with E-state index in [1.54, 1.807) is 19.6 Å². The average molecular weight is 343 g/mol. The van der Waals surface area contributed by atoms with Gasteiger partial charge in [0, 0.05) is 39.0 Å². The third-order valence-electron chi connectivity index (χ3n) is 4.83. The van der Waals surface area contributed by atoms with Crippen molar-refractivity contribution >= 4 is 5.91 Å². The second kappa shape index (κ2) is 7.70. The van der Waals surface area contributed by atoms with Gasteiger partial charge in [-0.3, -0.25) is 4.79 Å². The van der Waals surface area contributed by atoms with Crippen LogP contribution in [0.1, 0.15) is 18.4 Å². The van der Waals surface area contributed by atoms with Crippen LogP contribution >= 0.6 is 0 Å². The van der Waals surface area contributed by atoms with E-state index in [2.05, 4.69) is 4.98 Å². The third-order valence-corrected chi connectivity index (χ3v) is 4.83. The van der Waals surface area contributed by atoms with Gasteiger partial charge < -0.3 is 18.9 Å². The molecule has 0 spiro atoms. The number of amides is 1. The number of para-hydroxylation sites is 1. The van der Waals surface area contributed by atoms with Gasteiger partial charge in [0.25, 0.3) is 0 Å². The first-order valence-electron chi connectivity index (χ1n) is 8.59. The molecular formula is C19H25N3O3. The Morgan fingerprint density at radius 1 is 1.36 bits per heavy atom. The summed E-state index contributed by atoms with van der Waals surface area (Å²) in [4.78, 5) is 18.3. The topological polar surface area (TPSA) is 56.6 Å². The summed E-state index contributed by atoms with van der Waals surface area (Å²) in [7, 11) is 1.70. The van der Waals surface area contributed by atoms with Gasteiger partial charge in [-0.05, 0) is 25.0 Å². The molecule has 1 aromatic carbocycles. The van der Waals surface area contributed by atoms with Crippen molar-refractivity contribution in [2.45, 2.75) is 31.9 Å². The predicted octanol–water partition coefficient (Wildman–Crippen LogP) is 2.28. The molecule has 6 heteroatoms. The van der Waals surface area contributed by atoms with Crippen molar-refractivity contribution in [1.82, 2.24) is 14.5 Å². The Morgan fingerprint density at radius 3 is 2.92 bits per heavy atom. The summed E-state index contributed by atoms with van der Waals surface area (Å²) >= 11 is 0. The van der Waals surface area contributed by atoms with Crippen molar-refractivity contribution in [3.05, 3.63) is 48.5 Å². The lowest BCUT2D eigenvalue weighted by molar-refractivity contribution is -0.132. The molecule has 1 aliphatic rings. The van der Waals surface area contributed by atoms with Crippen LogP contribution in [0, 0.1) is 6.92 Å². The molecule has 25 heavy (non-hydrogen) atoms. The summed E-state index contributed by atoms with van der Waals surface area (Å²) in [5.41, 5.74) is 0.660. The molecule has 1 unspecified atom stereocenters. The molecule has 0 bridgehead atoms. The highest BCUT2D eigenvalue weighted by Gasteiger charge is 2.41. The number of rotatable bonds is 7. The normalized spacial score (nSPS) is 20.0. The fraction of sp³-hybridized carbons (Fsp3) is 0.474. The zero-order valence-electron chi connectivity index (χ0n) is 14.9. The Balaban J connectivity index is 1.54. The van der Waals surface area contributed by atoms with Crippen LogP contribution in [-0.2, 0) is 16.1 Å². The fourth-order valence-electron chi connectivity index (χ4n) is 3.13. The van der Waals surface area contributed by atoms with Crippen molar-refractivity contribution < 1.29 is 14.3 Å². The van der Waals surface area contributed by atoms with Crippen molar-refractivity contribution in [2.24, 2.45) is 0 Å². The Morgan fingerprint density at radius 2 is 2.20 bits per heavy atom. The van der Waals surface area contributed by atoms with E-state index < -0.39 is 5.60 Å². The van der Waals surface area contributed by atoms with E-state index in [4.69, 9.17) is 9.47 Å². The number of likely N-dealkylation sites (tertiary alicyclic amines) is 1. The van der Waals surface area contributed by atoms with Gasteiger partial charge in [-0.2, -0.15) is 0 Å². The number of benzene rings is 1. The third kappa shape index (κ3) is 4.20. The first-order chi connectivity index (χ1) is 12.1. The zero-order chi connectivity index (χ0) is 17.7. The van der Waals surface area contributed by atoms with E-state index in [1.807, 2.05) is 46.9 Å². The molecule has 0 aliphatic carbocycles. The minimum atomic E-state index is -0.438. The van der Waals surface area contributed by atoms with Crippen molar-refractivity contribution in [3.63, 3.8) is 0 Å². The van der Waals surface area contributed by atoms with Gasteiger partial charge in [-0.25, -0.2) is 4.98 Å². The van der Waals surface area contributed by atoms with E-state index >= 15 is 0 Å². The maximum absolute atomic E-state index is 12.5. The Labute approximate surface area is 148 Å². The van der Waals surface area contributed by atoms with Crippen LogP contribution in [0.4, 0.5) is 0 Å². The molecule has 2 heterocycles. The molecule has 3 rings (SSSR count). The van der Waals surface area contributed by atoms with Gasteiger partial charge in [-0.15, -0.1) is 0 Å². The summed E-state index contributed by atoms with van der Waals surface area (Å²) < 4.78 is 13.7. The van der Waals surface area contributed by atoms with E-state index in [0.717, 1.165) is 17.7 Å². The Hall–Kier alpha value is -2.34. The molecule has 2 aromatic rings. The first-order valence-corrected chi connectivity index (χ1v) is 8.59. The fourth-order valence-corrected chi connectivity index (χ4v) is 3.13. The average Bonchev–Trinajstić information content (AvgIpc) is 3.29. The van der Waals surface area contributed by atoms with Gasteiger partial charge in [0.1, 0.15) is 18.0 Å². The van der Waals surface area contributed by atoms with Crippen LogP contribution in [0.5, 0.6) is 5.75 Å². The molecule has 134 valence electrons. The highest BCUT2D eigenvalue weighted by Crippen LogP contribution is 2.27. The van der Waals surface area contributed by atoms with Crippen LogP contribution in [0.2, 0.25) is 0 Å². The lowest BCUT2D eigenvalue weighted by Crippen LogP contribution is -2.42. The van der Waals surface area contributed by atoms with E-state index in [-0.39, 0.29) is 5.91 Å². The maximum atomic E-state index is 12.5. The van der Waals surface area contributed by atoms with Crippen LogP contribution in [0.3, 0.4) is 0 Å². The zero-order valence-corrected chi connectivity index (χ0v) is 14.9. The second-order valence-corrected chi connectivity index (χ2v) is 6.56. The number of imidazole rings is 1. The summed E-state index contributed by atoms with van der Waals surface area (Å²) in [5, 5.41) is 0. The van der Waals surface area contributed by atoms with Crippen LogP contribution in [-0.4, -0.2) is 52.8 Å². The summed E-state index contributed by atoms with van der Waals surface area (Å²) in [6.07, 6.45) is 6.57. The summed E-state index contributed by atoms with van der Waals surface area (Å²) in [6, 6.07) is 7.93. The van der Waals surface area contributed by atoms with Crippen molar-refractivity contribution in [1.29, 1.82) is 0 Å². The van der Waals surface area contributed by atoms with Crippen molar-refractivity contribution in [2.75, 3.05) is 26.8 Å². The number of aromatic nitrogens is 2. The number of ether oxygens (including phenoxy) is 2. The van der Waals surface area contributed by atoms with Gasteiger partial charge in [0.05, 0.1) is 12.9 Å². The molecule has 1 aromatic heterocycles. The van der Waals surface area contributed by atoms with E-state index in [1.165, 1.54) is 0 Å². The number of hydrogen-bond donors (Lipinski definition) is 0. The molecule has 0 N–H and O–H groups in total. The van der Waals surface area contributed by atoms with E-state index in [0.29, 0.717) is 32.7 Å². The quantitative estimate of drug-likeness (QED) is 0.774. The van der Waals surface area contributed by atoms with Gasteiger partial charge in [0.15, 0.2) is 0 Å². The first kappa shape index (κ1) is 17.5. The molecular weight excluding hydrogens is 318 g/mol. The van der Waals surface area contributed by atoms with Crippen LogP contribution in [0.15, 0.2) is 43.0 Å². The highest BCUT2D eigenvalue weighted by molar-refractivity contribution is 5.76. The number of hydrogen-bond acceptors (Lipinski definition) is 4. The smallest absolute Gasteiger partial charge is 0.224 e. The van der Waals surface area contributed by atoms with Gasteiger partial charge >= 0.3 is 0 Å². The standard InChI is InChI=1S/C19H25N3O3/c1-16-5-3-4-6-17(16)25-14-19(24-2)8-11-22(13-19)18(23)7-10-21-12-9-20-15-21/h3-6,9,12,15H,7-8,10-11,13-14H2,1-2H3. The molecule has 0 radical (unpaired) electrons. The molecule has 0 saturated carbocycles. The molecule has 6 nitrogen and oxygen atoms in total. The highest BCUT2D eigenvalue weighted by atomic mass is 16.5. The van der Waals surface area contributed by atoms with Crippen molar-refractivity contribution in [3.8, 4) is 5.75 Å². The number of nitrogens with zero attached hydrogens (tertiary/aromatic N) is 3. The summed E-state index contributed by atoms with van der Waals surface area (Å²) in [5.74, 6) is 1.01. The van der Waals surface area contributed by atoms with Crippen LogP contribution < -0.4 is 4.74 Å². The monoisotopic (exact) mass is 343 g/mol.